The fraction of sp³-hybridized carbons (Fsp3) is 0.182. The Kier molecular flexibility index (Phi) is 3.46. The van der Waals surface area contributed by atoms with Crippen molar-refractivity contribution >= 4 is 23.2 Å². The van der Waals surface area contributed by atoms with Crippen LogP contribution < -0.4 is 0 Å². The molecule has 1 aromatic heterocycles. The van der Waals surface area contributed by atoms with Gasteiger partial charge >= 0.3 is 0 Å². The fourth-order valence-corrected chi connectivity index (χ4v) is 1.63. The van der Waals surface area contributed by atoms with Gasteiger partial charge in [0.25, 0.3) is 0 Å². The molecule has 0 saturated heterocycles. The van der Waals surface area contributed by atoms with Gasteiger partial charge < -0.3 is 4.42 Å². The van der Waals surface area contributed by atoms with Crippen molar-refractivity contribution in [2.45, 2.75) is 6.42 Å². The van der Waals surface area contributed by atoms with Crippen LogP contribution in [0.25, 0.3) is 11.3 Å². The summed E-state index contributed by atoms with van der Waals surface area (Å²) in [5.74, 6) is 1.11. The van der Waals surface area contributed by atoms with Gasteiger partial charge in [0.1, 0.15) is 5.82 Å². The van der Waals surface area contributed by atoms with Gasteiger partial charge in [-0.15, -0.1) is 11.6 Å². The molecule has 0 spiro atoms. The van der Waals surface area contributed by atoms with Gasteiger partial charge in [0, 0.05) is 17.9 Å². The number of benzene rings is 1. The molecule has 84 valence electrons. The molecule has 5 heteroatoms. The van der Waals surface area contributed by atoms with Gasteiger partial charge in [-0.05, 0) is 18.2 Å². The summed E-state index contributed by atoms with van der Waals surface area (Å²) in [5.41, 5.74) is 0.694. The zero-order valence-corrected chi connectivity index (χ0v) is 9.72. The molecule has 2 nitrogen and oxygen atoms in total. The summed E-state index contributed by atoms with van der Waals surface area (Å²) in [4.78, 5) is 4.05. The molecule has 1 heterocycles. The molecule has 0 saturated carbocycles. The quantitative estimate of drug-likeness (QED) is 0.782. The molecule has 0 fully saturated rings. The van der Waals surface area contributed by atoms with Gasteiger partial charge in [0.05, 0.1) is 11.2 Å². The van der Waals surface area contributed by atoms with Crippen LogP contribution in [0.15, 0.2) is 28.8 Å². The largest absolute Gasteiger partial charge is 0.441 e. The van der Waals surface area contributed by atoms with E-state index in [1.165, 1.54) is 12.1 Å². The van der Waals surface area contributed by atoms with E-state index in [0.29, 0.717) is 29.5 Å². The minimum absolute atomic E-state index is 0.0628. The standard InChI is InChI=1S/C11H8Cl2FNO/c12-4-3-11-15-6-10(16-11)7-1-2-9(14)8(13)5-7/h1-2,5-6H,3-4H2. The molecular weight excluding hydrogens is 252 g/mol. The Bertz CT molecular complexity index is 498. The van der Waals surface area contributed by atoms with Crippen molar-refractivity contribution in [2.75, 3.05) is 5.88 Å². The SMILES string of the molecule is Fc1ccc(-c2cnc(CCCl)o2)cc1Cl. The molecule has 2 aromatic rings. The third-order valence-electron chi connectivity index (χ3n) is 2.07. The maximum atomic E-state index is 12.9. The summed E-state index contributed by atoms with van der Waals surface area (Å²) in [5, 5.41) is 0.0628. The minimum Gasteiger partial charge on any atom is -0.441 e. The topological polar surface area (TPSA) is 26.0 Å². The number of alkyl halides is 1. The number of aryl methyl sites for hydroxylation is 1. The Hall–Kier alpha value is -1.06. The summed E-state index contributed by atoms with van der Waals surface area (Å²) >= 11 is 11.2. The molecule has 1 aromatic carbocycles. The number of oxazole rings is 1. The average molecular weight is 260 g/mol. The molecule has 0 aliphatic carbocycles. The Morgan fingerprint density at radius 2 is 2.19 bits per heavy atom. The van der Waals surface area contributed by atoms with E-state index in [9.17, 15) is 4.39 Å². The van der Waals surface area contributed by atoms with E-state index in [1.807, 2.05) is 0 Å². The minimum atomic E-state index is -0.453. The maximum Gasteiger partial charge on any atom is 0.196 e. The first-order chi connectivity index (χ1) is 7.70. The number of rotatable bonds is 3. The summed E-state index contributed by atoms with van der Waals surface area (Å²) in [7, 11) is 0. The summed E-state index contributed by atoms with van der Waals surface area (Å²) < 4.78 is 18.4. The molecule has 16 heavy (non-hydrogen) atoms. The van der Waals surface area contributed by atoms with Gasteiger partial charge in [0.15, 0.2) is 11.7 Å². The van der Waals surface area contributed by atoms with Crippen LogP contribution >= 0.6 is 23.2 Å². The van der Waals surface area contributed by atoms with Crippen molar-refractivity contribution in [3.8, 4) is 11.3 Å². The first kappa shape index (κ1) is 11.4. The Balaban J connectivity index is 2.31. The highest BCUT2D eigenvalue weighted by Gasteiger charge is 2.08. The molecule has 0 bridgehead atoms. The third kappa shape index (κ3) is 2.36. The molecule has 0 atom stereocenters. The van der Waals surface area contributed by atoms with Crippen LogP contribution in [0.5, 0.6) is 0 Å². The lowest BCUT2D eigenvalue weighted by Crippen LogP contribution is -1.83. The summed E-state index contributed by atoms with van der Waals surface area (Å²) in [6.45, 7) is 0. The van der Waals surface area contributed by atoms with Gasteiger partial charge in [0.2, 0.25) is 0 Å². The highest BCUT2D eigenvalue weighted by atomic mass is 35.5. The van der Waals surface area contributed by atoms with Crippen LogP contribution in [0.3, 0.4) is 0 Å². The zero-order valence-electron chi connectivity index (χ0n) is 8.21. The van der Waals surface area contributed by atoms with Crippen molar-refractivity contribution < 1.29 is 8.81 Å². The highest BCUT2D eigenvalue weighted by molar-refractivity contribution is 6.31. The molecule has 0 aliphatic heterocycles. The second-order valence-corrected chi connectivity index (χ2v) is 3.97. The smallest absolute Gasteiger partial charge is 0.196 e. The van der Waals surface area contributed by atoms with E-state index >= 15 is 0 Å². The lowest BCUT2D eigenvalue weighted by atomic mass is 10.2. The van der Waals surface area contributed by atoms with E-state index in [0.717, 1.165) is 0 Å². The van der Waals surface area contributed by atoms with Crippen LogP contribution in [-0.2, 0) is 6.42 Å². The predicted octanol–water partition coefficient (Wildman–Crippen LogP) is 3.92. The number of halogens is 3. The average Bonchev–Trinajstić information content (AvgIpc) is 2.71. The van der Waals surface area contributed by atoms with Gasteiger partial charge in [-0.2, -0.15) is 0 Å². The second kappa shape index (κ2) is 4.85. The number of aromatic nitrogens is 1. The lowest BCUT2D eigenvalue weighted by molar-refractivity contribution is 0.514. The van der Waals surface area contributed by atoms with E-state index in [2.05, 4.69) is 4.98 Å². The molecule has 0 radical (unpaired) electrons. The monoisotopic (exact) mass is 259 g/mol. The first-order valence-corrected chi connectivity index (χ1v) is 5.58. The highest BCUT2D eigenvalue weighted by Crippen LogP contribution is 2.25. The van der Waals surface area contributed by atoms with Crippen molar-refractivity contribution in [3.05, 3.63) is 41.1 Å². The molecule has 0 unspecified atom stereocenters. The van der Waals surface area contributed by atoms with Crippen molar-refractivity contribution in [1.82, 2.24) is 4.98 Å². The zero-order chi connectivity index (χ0) is 11.5. The molecule has 0 aliphatic rings. The van der Waals surface area contributed by atoms with Gasteiger partial charge in [-0.25, -0.2) is 9.37 Å². The molecule has 2 rings (SSSR count). The van der Waals surface area contributed by atoms with Gasteiger partial charge in [-0.1, -0.05) is 11.6 Å². The Morgan fingerprint density at radius 3 is 2.88 bits per heavy atom. The molecule has 0 amide bonds. The second-order valence-electron chi connectivity index (χ2n) is 3.19. The Morgan fingerprint density at radius 1 is 1.38 bits per heavy atom. The Labute approximate surface area is 102 Å². The summed E-state index contributed by atoms with van der Waals surface area (Å²) in [6, 6.07) is 4.38. The van der Waals surface area contributed by atoms with Crippen molar-refractivity contribution in [3.63, 3.8) is 0 Å². The van der Waals surface area contributed by atoms with E-state index in [1.54, 1.807) is 12.3 Å². The number of nitrogens with zero attached hydrogens (tertiary/aromatic N) is 1. The van der Waals surface area contributed by atoms with Crippen LogP contribution in [0.2, 0.25) is 5.02 Å². The van der Waals surface area contributed by atoms with Crippen molar-refractivity contribution in [1.29, 1.82) is 0 Å². The van der Waals surface area contributed by atoms with Crippen LogP contribution in [0.4, 0.5) is 4.39 Å². The van der Waals surface area contributed by atoms with Crippen LogP contribution in [0, 0.1) is 5.82 Å². The van der Waals surface area contributed by atoms with Crippen molar-refractivity contribution in [2.24, 2.45) is 0 Å². The fourth-order valence-electron chi connectivity index (χ4n) is 1.29. The molecular formula is C11H8Cl2FNO. The number of hydrogen-bond donors (Lipinski definition) is 0. The van der Waals surface area contributed by atoms with E-state index in [4.69, 9.17) is 27.6 Å². The predicted molar refractivity (Wildman–Crippen MR) is 61.3 cm³/mol. The van der Waals surface area contributed by atoms with E-state index in [-0.39, 0.29) is 5.02 Å². The summed E-state index contributed by atoms with van der Waals surface area (Å²) in [6.07, 6.45) is 2.14. The lowest BCUT2D eigenvalue weighted by Gasteiger charge is -1.98. The third-order valence-corrected chi connectivity index (χ3v) is 2.54. The molecule has 0 N–H and O–H groups in total. The van der Waals surface area contributed by atoms with E-state index < -0.39 is 5.82 Å². The van der Waals surface area contributed by atoms with Crippen LogP contribution in [-0.4, -0.2) is 10.9 Å². The van der Waals surface area contributed by atoms with Crippen LogP contribution in [0.1, 0.15) is 5.89 Å². The maximum absolute atomic E-state index is 12.9. The normalized spacial score (nSPS) is 10.7. The number of hydrogen-bond acceptors (Lipinski definition) is 2. The first-order valence-electron chi connectivity index (χ1n) is 4.67. The van der Waals surface area contributed by atoms with Gasteiger partial charge in [-0.3, -0.25) is 0 Å².